The van der Waals surface area contributed by atoms with Crippen molar-refractivity contribution in [2.45, 2.75) is 6.92 Å². The van der Waals surface area contributed by atoms with Crippen LogP contribution in [-0.2, 0) is 0 Å². The fraction of sp³-hybridized carbons (Fsp3) is 0.500. The molecule has 0 bridgehead atoms. The van der Waals surface area contributed by atoms with E-state index in [4.69, 9.17) is 23.2 Å². The minimum atomic E-state index is 0.266. The molecule has 0 aromatic carbocycles. The zero-order valence-electron chi connectivity index (χ0n) is 4.04. The Kier molecular flexibility index (Phi) is 4.36. The highest BCUT2D eigenvalue weighted by Crippen LogP contribution is 2.02. The van der Waals surface area contributed by atoms with Gasteiger partial charge in [-0.15, -0.1) is 0 Å². The molecule has 0 rings (SSSR count). The van der Waals surface area contributed by atoms with E-state index in [0.29, 0.717) is 0 Å². The zero-order chi connectivity index (χ0) is 5.70. The molecule has 1 nitrogen and oxygen atoms in total. The van der Waals surface area contributed by atoms with E-state index in [-0.39, 0.29) is 4.49 Å². The van der Waals surface area contributed by atoms with Crippen LogP contribution in [-0.4, -0.2) is 6.54 Å². The van der Waals surface area contributed by atoms with Gasteiger partial charge in [0.25, 0.3) is 0 Å². The van der Waals surface area contributed by atoms with Crippen LogP contribution in [0.1, 0.15) is 6.92 Å². The standard InChI is InChI=1S/C4H7Cl2N/c1-2-7-3-4(5)6/h3,7H,2H2,1H3. The molecule has 42 valence electrons. The molecule has 0 radical (unpaired) electrons. The number of hydrogen-bond acceptors (Lipinski definition) is 1. The predicted octanol–water partition coefficient (Wildman–Crippen LogP) is 1.87. The van der Waals surface area contributed by atoms with Gasteiger partial charge in [0.15, 0.2) is 0 Å². The van der Waals surface area contributed by atoms with Crippen molar-refractivity contribution in [3.8, 4) is 0 Å². The zero-order valence-corrected chi connectivity index (χ0v) is 5.55. The van der Waals surface area contributed by atoms with E-state index in [2.05, 4.69) is 5.32 Å². The average molecular weight is 140 g/mol. The normalized spacial score (nSPS) is 7.86. The van der Waals surface area contributed by atoms with Crippen LogP contribution < -0.4 is 5.32 Å². The van der Waals surface area contributed by atoms with E-state index >= 15 is 0 Å². The summed E-state index contributed by atoms with van der Waals surface area (Å²) in [7, 11) is 0. The Morgan fingerprint density at radius 1 is 1.71 bits per heavy atom. The summed E-state index contributed by atoms with van der Waals surface area (Å²) in [4.78, 5) is 0. The highest BCUT2D eigenvalue weighted by molar-refractivity contribution is 6.55. The summed E-state index contributed by atoms with van der Waals surface area (Å²) in [6.07, 6.45) is 1.54. The molecule has 0 unspecified atom stereocenters. The second kappa shape index (κ2) is 4.28. The maximum absolute atomic E-state index is 5.22. The molecule has 0 aliphatic rings. The van der Waals surface area contributed by atoms with Gasteiger partial charge < -0.3 is 5.32 Å². The summed E-state index contributed by atoms with van der Waals surface area (Å²) < 4.78 is 0.266. The van der Waals surface area contributed by atoms with Crippen molar-refractivity contribution in [1.29, 1.82) is 0 Å². The summed E-state index contributed by atoms with van der Waals surface area (Å²) >= 11 is 10.4. The van der Waals surface area contributed by atoms with Crippen molar-refractivity contribution in [2.24, 2.45) is 0 Å². The first-order chi connectivity index (χ1) is 3.27. The highest BCUT2D eigenvalue weighted by Gasteiger charge is 1.75. The first-order valence-corrected chi connectivity index (χ1v) is 2.77. The number of hydrogen-bond donors (Lipinski definition) is 1. The smallest absolute Gasteiger partial charge is 0.122 e. The summed E-state index contributed by atoms with van der Waals surface area (Å²) in [5, 5.41) is 2.82. The van der Waals surface area contributed by atoms with E-state index < -0.39 is 0 Å². The molecule has 0 aromatic rings. The highest BCUT2D eigenvalue weighted by atomic mass is 35.5. The molecule has 0 fully saturated rings. The van der Waals surface area contributed by atoms with Crippen molar-refractivity contribution >= 4 is 23.2 Å². The van der Waals surface area contributed by atoms with Crippen LogP contribution in [0.15, 0.2) is 10.7 Å². The predicted molar refractivity (Wildman–Crippen MR) is 33.5 cm³/mol. The van der Waals surface area contributed by atoms with Crippen molar-refractivity contribution in [1.82, 2.24) is 5.32 Å². The van der Waals surface area contributed by atoms with E-state index in [1.165, 1.54) is 0 Å². The van der Waals surface area contributed by atoms with E-state index in [1.54, 1.807) is 6.20 Å². The van der Waals surface area contributed by atoms with Gasteiger partial charge >= 0.3 is 0 Å². The summed E-state index contributed by atoms with van der Waals surface area (Å²) in [6.45, 7) is 2.82. The minimum Gasteiger partial charge on any atom is -0.389 e. The molecule has 0 aliphatic carbocycles. The van der Waals surface area contributed by atoms with Crippen molar-refractivity contribution < 1.29 is 0 Å². The Bertz CT molecular complexity index is 66.1. The molecule has 0 saturated carbocycles. The maximum atomic E-state index is 5.22. The minimum absolute atomic E-state index is 0.266. The average Bonchev–Trinajstić information content (AvgIpc) is 1.61. The quantitative estimate of drug-likeness (QED) is 0.617. The fourth-order valence-electron chi connectivity index (χ4n) is 0.179. The number of halogens is 2. The lowest BCUT2D eigenvalue weighted by Gasteiger charge is -1.88. The second-order valence-electron chi connectivity index (χ2n) is 0.992. The van der Waals surface area contributed by atoms with Gasteiger partial charge in [-0.1, -0.05) is 23.2 Å². The molecule has 0 heterocycles. The van der Waals surface area contributed by atoms with Gasteiger partial charge in [0, 0.05) is 12.7 Å². The van der Waals surface area contributed by atoms with Crippen molar-refractivity contribution in [2.75, 3.05) is 6.54 Å². The van der Waals surface area contributed by atoms with Gasteiger partial charge in [0.2, 0.25) is 0 Å². The van der Waals surface area contributed by atoms with Crippen LogP contribution >= 0.6 is 23.2 Å². The molecule has 0 saturated heterocycles. The Hall–Kier alpha value is 0.120. The lowest BCUT2D eigenvalue weighted by atomic mass is 10.7. The van der Waals surface area contributed by atoms with Crippen LogP contribution in [0, 0.1) is 0 Å². The SMILES string of the molecule is CCNC=C(Cl)Cl. The first-order valence-electron chi connectivity index (χ1n) is 2.02. The summed E-state index contributed by atoms with van der Waals surface area (Å²) in [5.74, 6) is 0. The molecule has 0 aromatic heterocycles. The van der Waals surface area contributed by atoms with Crippen LogP contribution in [0.3, 0.4) is 0 Å². The Morgan fingerprint density at radius 2 is 2.29 bits per heavy atom. The third-order valence-corrected chi connectivity index (χ3v) is 0.634. The third-order valence-electron chi connectivity index (χ3n) is 0.415. The third kappa shape index (κ3) is 6.12. The van der Waals surface area contributed by atoms with Crippen LogP contribution in [0.25, 0.3) is 0 Å². The molecular formula is C4H7Cl2N. The topological polar surface area (TPSA) is 12.0 Å². The Balaban J connectivity index is 3.08. The molecule has 7 heavy (non-hydrogen) atoms. The molecule has 3 heteroatoms. The van der Waals surface area contributed by atoms with Crippen LogP contribution in [0.4, 0.5) is 0 Å². The van der Waals surface area contributed by atoms with Gasteiger partial charge in [-0.3, -0.25) is 0 Å². The number of nitrogens with one attached hydrogen (secondary N) is 1. The largest absolute Gasteiger partial charge is 0.389 e. The van der Waals surface area contributed by atoms with Crippen molar-refractivity contribution in [3.63, 3.8) is 0 Å². The van der Waals surface area contributed by atoms with Crippen LogP contribution in [0.5, 0.6) is 0 Å². The Morgan fingerprint density at radius 3 is 2.43 bits per heavy atom. The lowest BCUT2D eigenvalue weighted by Crippen LogP contribution is -2.01. The van der Waals surface area contributed by atoms with Gasteiger partial charge in [0.1, 0.15) is 4.49 Å². The van der Waals surface area contributed by atoms with Gasteiger partial charge in [-0.25, -0.2) is 0 Å². The molecule has 0 aliphatic heterocycles. The Labute approximate surface area is 53.3 Å². The summed E-state index contributed by atoms with van der Waals surface area (Å²) in [5.41, 5.74) is 0. The van der Waals surface area contributed by atoms with Crippen LogP contribution in [0.2, 0.25) is 0 Å². The first kappa shape index (κ1) is 7.12. The van der Waals surface area contributed by atoms with E-state index in [9.17, 15) is 0 Å². The van der Waals surface area contributed by atoms with E-state index in [1.807, 2.05) is 6.92 Å². The molecule has 0 amide bonds. The molecule has 0 spiro atoms. The number of rotatable bonds is 2. The van der Waals surface area contributed by atoms with Crippen molar-refractivity contribution in [3.05, 3.63) is 10.7 Å². The lowest BCUT2D eigenvalue weighted by molar-refractivity contribution is 0.920. The summed E-state index contributed by atoms with van der Waals surface area (Å²) in [6, 6.07) is 0. The van der Waals surface area contributed by atoms with Gasteiger partial charge in [0.05, 0.1) is 0 Å². The maximum Gasteiger partial charge on any atom is 0.122 e. The molecule has 1 N–H and O–H groups in total. The molecular weight excluding hydrogens is 133 g/mol. The monoisotopic (exact) mass is 139 g/mol. The van der Waals surface area contributed by atoms with E-state index in [0.717, 1.165) is 6.54 Å². The second-order valence-corrected chi connectivity index (χ2v) is 2.00. The fourth-order valence-corrected chi connectivity index (χ4v) is 0.334. The van der Waals surface area contributed by atoms with Gasteiger partial charge in [-0.05, 0) is 6.92 Å². The molecule has 0 atom stereocenters. The van der Waals surface area contributed by atoms with Gasteiger partial charge in [-0.2, -0.15) is 0 Å².